The van der Waals surface area contributed by atoms with E-state index >= 15 is 0 Å². The van der Waals surface area contributed by atoms with Crippen LogP contribution in [0, 0.1) is 0 Å². The van der Waals surface area contributed by atoms with E-state index in [4.69, 9.17) is 0 Å². The van der Waals surface area contributed by atoms with E-state index in [9.17, 15) is 4.79 Å². The van der Waals surface area contributed by atoms with Gasteiger partial charge >= 0.3 is 0 Å². The summed E-state index contributed by atoms with van der Waals surface area (Å²) in [6.45, 7) is 0. The highest BCUT2D eigenvalue weighted by Gasteiger charge is 2.15. The molecule has 2 rings (SSSR count). The molecule has 1 aromatic carbocycles. The van der Waals surface area contributed by atoms with Crippen LogP contribution in [0.1, 0.15) is 107 Å². The summed E-state index contributed by atoms with van der Waals surface area (Å²) in [5.41, 5.74) is 0.731. The van der Waals surface area contributed by atoms with Crippen molar-refractivity contribution in [3.63, 3.8) is 0 Å². The molecule has 1 saturated carbocycles. The van der Waals surface area contributed by atoms with Crippen molar-refractivity contribution < 1.29 is 4.79 Å². The number of carbonyl (C=O) groups excluding carboxylic acids is 1. The summed E-state index contributed by atoms with van der Waals surface area (Å²) >= 11 is 0. The lowest BCUT2D eigenvalue weighted by Gasteiger charge is -2.17. The van der Waals surface area contributed by atoms with Gasteiger partial charge in [0.2, 0.25) is 0 Å². The van der Waals surface area contributed by atoms with Crippen LogP contribution in [0.3, 0.4) is 0 Å². The summed E-state index contributed by atoms with van der Waals surface area (Å²) in [4.78, 5) is 12.4. The standard InChI is InChI=1S/C23H36NO/c25-23(21-17-13-12-14-18-21)24-22-19-15-10-8-6-4-2-1-3-5-7-9-11-16-20-22/h12-14,17-18,22H,1-11,15-16,19-20H2. The third-order valence-electron chi connectivity index (χ3n) is 5.40. The maximum atomic E-state index is 12.4. The van der Waals surface area contributed by atoms with Crippen LogP contribution in [0.5, 0.6) is 0 Å². The van der Waals surface area contributed by atoms with Crippen LogP contribution in [0.2, 0.25) is 0 Å². The predicted molar refractivity (Wildman–Crippen MR) is 106 cm³/mol. The molecule has 2 heteroatoms. The highest BCUT2D eigenvalue weighted by Crippen LogP contribution is 2.18. The fourth-order valence-corrected chi connectivity index (χ4v) is 3.80. The molecule has 0 heterocycles. The van der Waals surface area contributed by atoms with Crippen LogP contribution in [-0.2, 0) is 0 Å². The minimum absolute atomic E-state index is 0.0278. The molecular formula is C23H36NO. The first-order valence-corrected chi connectivity index (χ1v) is 10.7. The fourth-order valence-electron chi connectivity index (χ4n) is 3.80. The number of benzene rings is 1. The Balaban J connectivity index is 1.79. The highest BCUT2D eigenvalue weighted by atomic mass is 16.1. The molecule has 25 heavy (non-hydrogen) atoms. The van der Waals surface area contributed by atoms with E-state index in [1.54, 1.807) is 0 Å². The first-order valence-electron chi connectivity index (χ1n) is 10.7. The molecule has 0 saturated heterocycles. The monoisotopic (exact) mass is 342 g/mol. The van der Waals surface area contributed by atoms with E-state index in [2.05, 4.69) is 5.32 Å². The van der Waals surface area contributed by atoms with E-state index in [-0.39, 0.29) is 11.9 Å². The molecule has 0 aliphatic heterocycles. The van der Waals surface area contributed by atoms with Crippen molar-refractivity contribution in [2.45, 2.75) is 102 Å². The van der Waals surface area contributed by atoms with Gasteiger partial charge in [-0.05, 0) is 25.0 Å². The van der Waals surface area contributed by atoms with Crippen LogP contribution in [0.25, 0.3) is 0 Å². The lowest BCUT2D eigenvalue weighted by molar-refractivity contribution is 0.0925. The summed E-state index contributed by atoms with van der Waals surface area (Å²) in [6.07, 6.45) is 19.7. The quantitative estimate of drug-likeness (QED) is 0.591. The third kappa shape index (κ3) is 9.09. The topological polar surface area (TPSA) is 31.2 Å². The highest BCUT2D eigenvalue weighted by molar-refractivity contribution is 5.94. The van der Waals surface area contributed by atoms with E-state index in [0.29, 0.717) is 0 Å². The van der Waals surface area contributed by atoms with Crippen molar-refractivity contribution in [1.29, 1.82) is 0 Å². The van der Waals surface area contributed by atoms with E-state index in [1.807, 2.05) is 30.3 Å². The summed E-state index contributed by atoms with van der Waals surface area (Å²) < 4.78 is 0. The van der Waals surface area contributed by atoms with Gasteiger partial charge in [-0.3, -0.25) is 4.79 Å². The van der Waals surface area contributed by atoms with Gasteiger partial charge in [0, 0.05) is 5.56 Å². The molecule has 1 radical (unpaired) electrons. The van der Waals surface area contributed by atoms with Crippen molar-refractivity contribution in [2.75, 3.05) is 0 Å². The van der Waals surface area contributed by atoms with Gasteiger partial charge in [0.15, 0.2) is 0 Å². The lowest BCUT2D eigenvalue weighted by Crippen LogP contribution is -2.28. The Morgan fingerprint density at radius 1 is 0.640 bits per heavy atom. The fraction of sp³-hybridized carbons (Fsp3) is 0.696. The molecule has 0 aromatic heterocycles. The Hall–Kier alpha value is -1.31. The minimum atomic E-state index is -0.0278. The second-order valence-corrected chi connectivity index (χ2v) is 7.63. The molecule has 1 aliphatic carbocycles. The molecule has 2 nitrogen and oxygen atoms in total. The number of carbonyl (C=O) groups is 1. The summed E-state index contributed by atoms with van der Waals surface area (Å²) in [6, 6.07) is 9.76. The van der Waals surface area contributed by atoms with E-state index in [1.165, 1.54) is 83.5 Å². The van der Waals surface area contributed by atoms with Gasteiger partial charge < -0.3 is 0 Å². The van der Waals surface area contributed by atoms with Crippen LogP contribution in [0.4, 0.5) is 0 Å². The predicted octanol–water partition coefficient (Wildman–Crippen LogP) is 6.66. The molecule has 0 bridgehead atoms. The summed E-state index contributed by atoms with van der Waals surface area (Å²) in [7, 11) is 0. The van der Waals surface area contributed by atoms with Crippen molar-refractivity contribution in [3.05, 3.63) is 35.9 Å². The first-order chi connectivity index (χ1) is 12.4. The molecular weight excluding hydrogens is 306 g/mol. The Kier molecular flexibility index (Phi) is 10.4. The van der Waals surface area contributed by atoms with Crippen molar-refractivity contribution in [2.24, 2.45) is 0 Å². The maximum Gasteiger partial charge on any atom is 0.272 e. The van der Waals surface area contributed by atoms with Crippen LogP contribution < -0.4 is 5.32 Å². The number of nitrogens with zero attached hydrogens (tertiary/aromatic N) is 1. The van der Waals surface area contributed by atoms with Gasteiger partial charge in [-0.15, -0.1) is 0 Å². The molecule has 0 atom stereocenters. The second-order valence-electron chi connectivity index (χ2n) is 7.63. The van der Waals surface area contributed by atoms with Crippen LogP contribution >= 0.6 is 0 Å². The summed E-state index contributed by atoms with van der Waals surface area (Å²) in [5.74, 6) is -0.0278. The zero-order valence-corrected chi connectivity index (χ0v) is 15.9. The van der Waals surface area contributed by atoms with Crippen molar-refractivity contribution in [1.82, 2.24) is 5.32 Å². The molecule has 1 amide bonds. The zero-order chi connectivity index (χ0) is 17.6. The molecule has 1 aliphatic rings. The Morgan fingerprint density at radius 2 is 1.04 bits per heavy atom. The number of amides is 1. The SMILES string of the molecule is O=C([N]C1CCCCCCCCCCCCCCC1)c1ccccc1. The zero-order valence-electron chi connectivity index (χ0n) is 15.9. The molecule has 139 valence electrons. The largest absolute Gasteiger partial charge is 0.272 e. The van der Waals surface area contributed by atoms with Gasteiger partial charge in [0.1, 0.15) is 0 Å². The molecule has 1 aromatic rings. The van der Waals surface area contributed by atoms with Gasteiger partial charge in [-0.25, -0.2) is 5.32 Å². The number of hydrogen-bond acceptors (Lipinski definition) is 1. The average molecular weight is 343 g/mol. The summed E-state index contributed by atoms with van der Waals surface area (Å²) in [5, 5.41) is 4.57. The van der Waals surface area contributed by atoms with Gasteiger partial charge in [0.25, 0.3) is 5.91 Å². The van der Waals surface area contributed by atoms with E-state index < -0.39 is 0 Å². The second kappa shape index (κ2) is 13.0. The number of hydrogen-bond donors (Lipinski definition) is 0. The van der Waals surface area contributed by atoms with Crippen LogP contribution in [-0.4, -0.2) is 11.9 Å². The normalized spacial score (nSPS) is 20.0. The lowest BCUT2D eigenvalue weighted by atomic mass is 9.98. The Morgan fingerprint density at radius 3 is 1.48 bits per heavy atom. The van der Waals surface area contributed by atoms with Crippen LogP contribution in [0.15, 0.2) is 30.3 Å². The van der Waals surface area contributed by atoms with Crippen molar-refractivity contribution in [3.8, 4) is 0 Å². The van der Waals surface area contributed by atoms with Gasteiger partial charge in [0.05, 0.1) is 6.04 Å². The number of rotatable bonds is 2. The Labute approximate surface area is 154 Å². The first kappa shape index (κ1) is 20.0. The Bertz CT molecular complexity index is 440. The van der Waals surface area contributed by atoms with E-state index in [0.717, 1.165) is 18.4 Å². The smallest absolute Gasteiger partial charge is 0.267 e. The molecule has 0 spiro atoms. The third-order valence-corrected chi connectivity index (χ3v) is 5.40. The molecule has 0 N–H and O–H groups in total. The van der Waals surface area contributed by atoms with Gasteiger partial charge in [-0.2, -0.15) is 0 Å². The maximum absolute atomic E-state index is 12.4. The average Bonchev–Trinajstić information content (AvgIpc) is 2.64. The molecule has 1 fully saturated rings. The van der Waals surface area contributed by atoms with Gasteiger partial charge in [-0.1, -0.05) is 102 Å². The minimum Gasteiger partial charge on any atom is -0.267 e. The van der Waals surface area contributed by atoms with Crippen molar-refractivity contribution >= 4 is 5.91 Å². The molecule has 0 unspecified atom stereocenters.